The van der Waals surface area contributed by atoms with E-state index in [1.165, 1.54) is 12.1 Å². The van der Waals surface area contributed by atoms with E-state index in [0.29, 0.717) is 12.2 Å². The van der Waals surface area contributed by atoms with Gasteiger partial charge in [0.1, 0.15) is 5.82 Å². The Morgan fingerprint density at radius 3 is 3.06 bits per heavy atom. The van der Waals surface area contributed by atoms with Crippen LogP contribution < -0.4 is 5.32 Å². The van der Waals surface area contributed by atoms with E-state index in [4.69, 9.17) is 0 Å². The summed E-state index contributed by atoms with van der Waals surface area (Å²) >= 11 is 0. The topological polar surface area (TPSA) is 42.7 Å². The van der Waals surface area contributed by atoms with Crippen LogP contribution in [0.15, 0.2) is 30.5 Å². The Morgan fingerprint density at radius 2 is 2.31 bits per heavy atom. The molecular formula is C11H13FN4. The minimum atomic E-state index is -0.277. The Hall–Kier alpha value is -1.75. The zero-order valence-corrected chi connectivity index (χ0v) is 9.02. The average molecular weight is 220 g/mol. The van der Waals surface area contributed by atoms with Crippen molar-refractivity contribution in [2.24, 2.45) is 0 Å². The monoisotopic (exact) mass is 220 g/mol. The molecule has 0 saturated carbocycles. The van der Waals surface area contributed by atoms with Gasteiger partial charge < -0.3 is 5.32 Å². The summed E-state index contributed by atoms with van der Waals surface area (Å²) in [6.07, 6.45) is 1.79. The first-order valence-corrected chi connectivity index (χ1v) is 5.17. The van der Waals surface area contributed by atoms with E-state index in [-0.39, 0.29) is 5.82 Å². The van der Waals surface area contributed by atoms with E-state index in [0.717, 1.165) is 12.2 Å². The molecule has 0 aliphatic heterocycles. The van der Waals surface area contributed by atoms with Crippen molar-refractivity contribution in [3.8, 4) is 5.69 Å². The number of nitrogens with one attached hydrogen (secondary N) is 1. The normalized spacial score (nSPS) is 10.6. The first-order chi connectivity index (χ1) is 7.79. The number of hydrogen-bond acceptors (Lipinski definition) is 3. The molecule has 0 amide bonds. The summed E-state index contributed by atoms with van der Waals surface area (Å²) in [4.78, 5) is 0. The molecule has 2 aromatic rings. The van der Waals surface area contributed by atoms with Gasteiger partial charge in [-0.1, -0.05) is 18.2 Å². The van der Waals surface area contributed by atoms with Crippen LogP contribution in [-0.4, -0.2) is 21.5 Å². The molecule has 0 atom stereocenters. The van der Waals surface area contributed by atoms with Gasteiger partial charge in [-0.2, -0.15) is 0 Å². The molecule has 0 radical (unpaired) electrons. The zero-order valence-electron chi connectivity index (χ0n) is 9.02. The van der Waals surface area contributed by atoms with Crippen LogP contribution in [0, 0.1) is 5.82 Å². The Bertz CT molecular complexity index is 467. The molecule has 0 spiro atoms. The lowest BCUT2D eigenvalue weighted by Crippen LogP contribution is -2.11. The minimum Gasteiger partial charge on any atom is -0.311 e. The molecule has 0 fully saturated rings. The molecule has 1 aromatic carbocycles. The molecule has 2 rings (SSSR count). The number of halogens is 1. The van der Waals surface area contributed by atoms with Crippen LogP contribution in [0.3, 0.4) is 0 Å². The highest BCUT2D eigenvalue weighted by molar-refractivity contribution is 5.30. The number of benzene rings is 1. The third-order valence-electron chi connectivity index (χ3n) is 2.17. The van der Waals surface area contributed by atoms with E-state index in [1.54, 1.807) is 23.0 Å². The summed E-state index contributed by atoms with van der Waals surface area (Å²) in [6, 6.07) is 6.26. The van der Waals surface area contributed by atoms with Crippen molar-refractivity contribution < 1.29 is 4.39 Å². The first kappa shape index (κ1) is 10.8. The molecule has 0 saturated heterocycles. The predicted molar refractivity (Wildman–Crippen MR) is 58.7 cm³/mol. The Kier molecular flexibility index (Phi) is 3.26. The van der Waals surface area contributed by atoms with E-state index in [1.807, 2.05) is 6.92 Å². The third kappa shape index (κ3) is 2.43. The maximum Gasteiger partial charge on any atom is 0.125 e. The van der Waals surface area contributed by atoms with Crippen molar-refractivity contribution in [3.05, 3.63) is 42.0 Å². The summed E-state index contributed by atoms with van der Waals surface area (Å²) in [7, 11) is 0. The second-order valence-electron chi connectivity index (χ2n) is 3.41. The van der Waals surface area contributed by atoms with E-state index < -0.39 is 0 Å². The number of rotatable bonds is 4. The molecule has 4 nitrogen and oxygen atoms in total. The molecular weight excluding hydrogens is 207 g/mol. The van der Waals surface area contributed by atoms with Crippen LogP contribution in [0.25, 0.3) is 5.69 Å². The molecule has 5 heteroatoms. The third-order valence-corrected chi connectivity index (χ3v) is 2.17. The maximum absolute atomic E-state index is 13.0. The highest BCUT2D eigenvalue weighted by atomic mass is 19.1. The van der Waals surface area contributed by atoms with Crippen LogP contribution >= 0.6 is 0 Å². The Labute approximate surface area is 93.1 Å². The van der Waals surface area contributed by atoms with Gasteiger partial charge in [-0.25, -0.2) is 9.07 Å². The van der Waals surface area contributed by atoms with Gasteiger partial charge in [0.2, 0.25) is 0 Å². The Morgan fingerprint density at radius 1 is 1.44 bits per heavy atom. The maximum atomic E-state index is 13.0. The van der Waals surface area contributed by atoms with Crippen molar-refractivity contribution in [2.75, 3.05) is 6.54 Å². The van der Waals surface area contributed by atoms with Gasteiger partial charge >= 0.3 is 0 Å². The lowest BCUT2D eigenvalue weighted by molar-refractivity contribution is 0.624. The van der Waals surface area contributed by atoms with E-state index >= 15 is 0 Å². The van der Waals surface area contributed by atoms with Crippen LogP contribution in [-0.2, 0) is 6.54 Å². The van der Waals surface area contributed by atoms with Gasteiger partial charge in [0.25, 0.3) is 0 Å². The summed E-state index contributed by atoms with van der Waals surface area (Å²) in [5.41, 5.74) is 1.52. The number of aromatic nitrogens is 3. The molecule has 0 aliphatic rings. The fourth-order valence-corrected chi connectivity index (χ4v) is 1.38. The molecule has 1 heterocycles. The zero-order chi connectivity index (χ0) is 11.4. The molecule has 0 unspecified atom stereocenters. The fraction of sp³-hybridized carbons (Fsp3) is 0.273. The second-order valence-corrected chi connectivity index (χ2v) is 3.41. The number of nitrogens with zero attached hydrogens (tertiary/aromatic N) is 3. The van der Waals surface area contributed by atoms with Crippen LogP contribution in [0.5, 0.6) is 0 Å². The van der Waals surface area contributed by atoms with E-state index in [9.17, 15) is 4.39 Å². The molecule has 1 aromatic heterocycles. The first-order valence-electron chi connectivity index (χ1n) is 5.17. The van der Waals surface area contributed by atoms with Crippen LogP contribution in [0.2, 0.25) is 0 Å². The lowest BCUT2D eigenvalue weighted by atomic mass is 10.3. The lowest BCUT2D eigenvalue weighted by Gasteiger charge is -1.98. The SMILES string of the molecule is CCNCc1cn(-c2cccc(F)c2)nn1. The molecule has 0 bridgehead atoms. The van der Waals surface area contributed by atoms with E-state index in [2.05, 4.69) is 15.6 Å². The van der Waals surface area contributed by atoms with Crippen molar-refractivity contribution in [1.82, 2.24) is 20.3 Å². The van der Waals surface area contributed by atoms with Crippen molar-refractivity contribution in [2.45, 2.75) is 13.5 Å². The summed E-state index contributed by atoms with van der Waals surface area (Å²) in [5, 5.41) is 11.1. The van der Waals surface area contributed by atoms with Crippen molar-refractivity contribution in [3.63, 3.8) is 0 Å². The second kappa shape index (κ2) is 4.85. The summed E-state index contributed by atoms with van der Waals surface area (Å²) in [5.74, 6) is -0.277. The average Bonchev–Trinajstić information content (AvgIpc) is 2.75. The molecule has 0 aliphatic carbocycles. The quantitative estimate of drug-likeness (QED) is 0.849. The molecule has 1 N–H and O–H groups in total. The van der Waals surface area contributed by atoms with Crippen LogP contribution in [0.1, 0.15) is 12.6 Å². The summed E-state index contributed by atoms with van der Waals surface area (Å²) < 4.78 is 14.6. The van der Waals surface area contributed by atoms with Gasteiger partial charge in [0, 0.05) is 6.54 Å². The standard InChI is InChI=1S/C11H13FN4/c1-2-13-7-10-8-16(15-14-10)11-5-3-4-9(12)6-11/h3-6,8,13H,2,7H2,1H3. The Balaban J connectivity index is 2.18. The predicted octanol–water partition coefficient (Wildman–Crippen LogP) is 1.52. The molecule has 84 valence electrons. The van der Waals surface area contributed by atoms with Crippen molar-refractivity contribution in [1.29, 1.82) is 0 Å². The highest BCUT2D eigenvalue weighted by Gasteiger charge is 2.02. The van der Waals surface area contributed by atoms with Gasteiger partial charge in [0.15, 0.2) is 0 Å². The minimum absolute atomic E-state index is 0.277. The van der Waals surface area contributed by atoms with Gasteiger partial charge in [-0.15, -0.1) is 5.10 Å². The number of hydrogen-bond donors (Lipinski definition) is 1. The van der Waals surface area contributed by atoms with Gasteiger partial charge in [0.05, 0.1) is 17.6 Å². The highest BCUT2D eigenvalue weighted by Crippen LogP contribution is 2.08. The van der Waals surface area contributed by atoms with Crippen LogP contribution in [0.4, 0.5) is 4.39 Å². The van der Waals surface area contributed by atoms with Crippen molar-refractivity contribution >= 4 is 0 Å². The fourth-order valence-electron chi connectivity index (χ4n) is 1.38. The summed E-state index contributed by atoms with van der Waals surface area (Å²) in [6.45, 7) is 3.58. The molecule has 16 heavy (non-hydrogen) atoms. The van der Waals surface area contributed by atoms with Gasteiger partial charge in [-0.3, -0.25) is 0 Å². The largest absolute Gasteiger partial charge is 0.311 e. The van der Waals surface area contributed by atoms with Gasteiger partial charge in [-0.05, 0) is 24.7 Å². The smallest absolute Gasteiger partial charge is 0.125 e.